The first kappa shape index (κ1) is 10.4. The summed E-state index contributed by atoms with van der Waals surface area (Å²) in [7, 11) is 3.34. The standard InChI is InChI=1S/C11H12N2O/c1-13(2)11(14)8-9-12-10-6-4-3-5-7-10/h3-7,9H,1-2H3. The van der Waals surface area contributed by atoms with Gasteiger partial charge >= 0.3 is 0 Å². The minimum Gasteiger partial charge on any atom is -0.348 e. The summed E-state index contributed by atoms with van der Waals surface area (Å²) < 4.78 is 0. The van der Waals surface area contributed by atoms with E-state index in [1.165, 1.54) is 11.1 Å². The van der Waals surface area contributed by atoms with Gasteiger partial charge in [0.25, 0.3) is 0 Å². The summed E-state index contributed by atoms with van der Waals surface area (Å²) in [5.41, 5.74) is 0.812. The van der Waals surface area contributed by atoms with Crippen molar-refractivity contribution >= 4 is 17.8 Å². The highest BCUT2D eigenvalue weighted by molar-refractivity contribution is 6.01. The number of benzene rings is 1. The molecular formula is C11H12N2O. The molecule has 1 aromatic carbocycles. The predicted molar refractivity (Wildman–Crippen MR) is 56.5 cm³/mol. The molecule has 0 saturated carbocycles. The number of nitrogens with zero attached hydrogens (tertiary/aromatic N) is 2. The Balaban J connectivity index is 2.46. The van der Waals surface area contributed by atoms with E-state index in [4.69, 9.17) is 0 Å². The van der Waals surface area contributed by atoms with Crippen molar-refractivity contribution in [2.24, 2.45) is 4.99 Å². The molecule has 72 valence electrons. The van der Waals surface area contributed by atoms with Gasteiger partial charge in [0.15, 0.2) is 0 Å². The molecule has 1 amide bonds. The van der Waals surface area contributed by atoms with Crippen molar-refractivity contribution in [2.75, 3.05) is 14.1 Å². The first-order valence-corrected chi connectivity index (χ1v) is 4.25. The molecule has 0 aliphatic carbocycles. The van der Waals surface area contributed by atoms with Crippen molar-refractivity contribution in [3.63, 3.8) is 0 Å². The zero-order valence-corrected chi connectivity index (χ0v) is 8.27. The van der Waals surface area contributed by atoms with Gasteiger partial charge in [-0.05, 0) is 12.1 Å². The minimum atomic E-state index is -0.190. The van der Waals surface area contributed by atoms with Crippen LogP contribution in [0.4, 0.5) is 5.69 Å². The summed E-state index contributed by atoms with van der Waals surface area (Å²) in [6, 6.07) is 9.41. The van der Waals surface area contributed by atoms with Crippen LogP contribution >= 0.6 is 0 Å². The van der Waals surface area contributed by atoms with Gasteiger partial charge in [-0.3, -0.25) is 9.79 Å². The van der Waals surface area contributed by atoms with Gasteiger partial charge in [0, 0.05) is 20.3 Å². The molecule has 3 nitrogen and oxygen atoms in total. The van der Waals surface area contributed by atoms with Gasteiger partial charge < -0.3 is 4.90 Å². The SMILES string of the molecule is CN(C)C(=O)[C]C=Nc1ccccc1. The lowest BCUT2D eigenvalue weighted by molar-refractivity contribution is -0.124. The summed E-state index contributed by atoms with van der Waals surface area (Å²) >= 11 is 0. The number of hydrogen-bond acceptors (Lipinski definition) is 2. The molecule has 0 fully saturated rings. The number of aliphatic imine (C=N–C) groups is 1. The molecule has 0 heterocycles. The Hall–Kier alpha value is -1.64. The predicted octanol–water partition coefficient (Wildman–Crippen LogP) is 1.56. The van der Waals surface area contributed by atoms with Gasteiger partial charge in [0.1, 0.15) is 6.42 Å². The third kappa shape index (κ3) is 3.39. The van der Waals surface area contributed by atoms with Crippen LogP contribution in [0.15, 0.2) is 35.3 Å². The highest BCUT2D eigenvalue weighted by Gasteiger charge is 2.01. The average molecular weight is 188 g/mol. The molecule has 0 spiro atoms. The molecule has 0 bridgehead atoms. The number of hydrogen-bond donors (Lipinski definition) is 0. The van der Waals surface area contributed by atoms with Crippen molar-refractivity contribution in [3.05, 3.63) is 36.8 Å². The Bertz CT molecular complexity index is 317. The zero-order chi connectivity index (χ0) is 10.4. The number of carbonyl (C=O) groups is 1. The maximum Gasteiger partial charge on any atom is 0.236 e. The summed E-state index contributed by atoms with van der Waals surface area (Å²) in [6.07, 6.45) is 3.91. The summed E-state index contributed by atoms with van der Waals surface area (Å²) in [4.78, 5) is 16.5. The Morgan fingerprint density at radius 3 is 2.57 bits per heavy atom. The van der Waals surface area contributed by atoms with Crippen molar-refractivity contribution < 1.29 is 4.79 Å². The van der Waals surface area contributed by atoms with E-state index >= 15 is 0 Å². The van der Waals surface area contributed by atoms with E-state index in [0.717, 1.165) is 5.69 Å². The zero-order valence-electron chi connectivity index (χ0n) is 8.27. The molecule has 0 aliphatic rings. The van der Waals surface area contributed by atoms with Crippen molar-refractivity contribution in [1.29, 1.82) is 0 Å². The highest BCUT2D eigenvalue weighted by atomic mass is 16.2. The van der Waals surface area contributed by atoms with E-state index in [-0.39, 0.29) is 5.91 Å². The van der Waals surface area contributed by atoms with Crippen LogP contribution in [-0.2, 0) is 4.79 Å². The Kier molecular flexibility index (Phi) is 3.85. The third-order valence-electron chi connectivity index (χ3n) is 1.56. The molecule has 0 saturated heterocycles. The Labute approximate surface area is 84.1 Å². The first-order valence-electron chi connectivity index (χ1n) is 4.25. The maximum absolute atomic E-state index is 11.1. The summed E-state index contributed by atoms with van der Waals surface area (Å²) in [5.74, 6) is -0.190. The molecule has 2 radical (unpaired) electrons. The van der Waals surface area contributed by atoms with Gasteiger partial charge in [-0.2, -0.15) is 0 Å². The molecule has 14 heavy (non-hydrogen) atoms. The fourth-order valence-electron chi connectivity index (χ4n) is 0.805. The summed E-state index contributed by atoms with van der Waals surface area (Å²) in [5, 5.41) is 0. The summed E-state index contributed by atoms with van der Waals surface area (Å²) in [6.45, 7) is 0. The van der Waals surface area contributed by atoms with E-state index in [0.29, 0.717) is 0 Å². The second-order valence-corrected chi connectivity index (χ2v) is 2.94. The topological polar surface area (TPSA) is 32.7 Å². The van der Waals surface area contributed by atoms with E-state index in [2.05, 4.69) is 11.4 Å². The third-order valence-corrected chi connectivity index (χ3v) is 1.56. The van der Waals surface area contributed by atoms with Crippen molar-refractivity contribution in [2.45, 2.75) is 0 Å². The molecule has 0 aromatic heterocycles. The molecule has 0 atom stereocenters. The fraction of sp³-hybridized carbons (Fsp3) is 0.182. The number of carbonyl (C=O) groups excluding carboxylic acids is 1. The largest absolute Gasteiger partial charge is 0.348 e. The number of amides is 1. The van der Waals surface area contributed by atoms with Crippen molar-refractivity contribution in [1.82, 2.24) is 4.90 Å². The normalized spacial score (nSPS) is 10.4. The lowest BCUT2D eigenvalue weighted by Crippen LogP contribution is -2.21. The van der Waals surface area contributed by atoms with E-state index in [1.807, 2.05) is 30.3 Å². The quantitative estimate of drug-likeness (QED) is 0.662. The first-order chi connectivity index (χ1) is 6.70. The molecule has 1 rings (SSSR count). The van der Waals surface area contributed by atoms with E-state index in [1.54, 1.807) is 14.1 Å². The van der Waals surface area contributed by atoms with Gasteiger partial charge in [-0.25, -0.2) is 0 Å². The van der Waals surface area contributed by atoms with Gasteiger partial charge in [0.05, 0.1) is 5.69 Å². The van der Waals surface area contributed by atoms with Crippen LogP contribution in [0.3, 0.4) is 0 Å². The van der Waals surface area contributed by atoms with Gasteiger partial charge in [-0.15, -0.1) is 0 Å². The van der Waals surface area contributed by atoms with Crippen LogP contribution in [-0.4, -0.2) is 31.1 Å². The highest BCUT2D eigenvalue weighted by Crippen LogP contribution is 2.08. The average Bonchev–Trinajstić information content (AvgIpc) is 2.19. The van der Waals surface area contributed by atoms with E-state index in [9.17, 15) is 4.79 Å². The molecular weight excluding hydrogens is 176 g/mol. The molecule has 0 N–H and O–H groups in total. The molecule has 0 unspecified atom stereocenters. The Morgan fingerprint density at radius 2 is 2.00 bits per heavy atom. The van der Waals surface area contributed by atoms with Gasteiger partial charge in [-0.1, -0.05) is 18.2 Å². The monoisotopic (exact) mass is 188 g/mol. The van der Waals surface area contributed by atoms with Crippen molar-refractivity contribution in [3.8, 4) is 0 Å². The van der Waals surface area contributed by atoms with Crippen LogP contribution in [0.5, 0.6) is 0 Å². The second-order valence-electron chi connectivity index (χ2n) is 2.94. The lowest BCUT2D eigenvalue weighted by atomic mass is 10.3. The fourth-order valence-corrected chi connectivity index (χ4v) is 0.805. The molecule has 1 aromatic rings. The van der Waals surface area contributed by atoms with Crippen LogP contribution in [0.1, 0.15) is 0 Å². The lowest BCUT2D eigenvalue weighted by Gasteiger charge is -2.05. The van der Waals surface area contributed by atoms with Crippen LogP contribution in [0.2, 0.25) is 0 Å². The second kappa shape index (κ2) is 5.17. The van der Waals surface area contributed by atoms with Gasteiger partial charge in [0.2, 0.25) is 5.91 Å². The Morgan fingerprint density at radius 1 is 1.36 bits per heavy atom. The smallest absolute Gasteiger partial charge is 0.236 e. The maximum atomic E-state index is 11.1. The number of rotatable bonds is 3. The minimum absolute atomic E-state index is 0.190. The van der Waals surface area contributed by atoms with Crippen LogP contribution in [0, 0.1) is 6.42 Å². The molecule has 3 heteroatoms. The van der Waals surface area contributed by atoms with Crippen LogP contribution < -0.4 is 0 Å². The molecule has 0 aliphatic heterocycles. The van der Waals surface area contributed by atoms with Crippen LogP contribution in [0.25, 0.3) is 0 Å². The van der Waals surface area contributed by atoms with E-state index < -0.39 is 0 Å². The number of para-hydroxylation sites is 1.